The van der Waals surface area contributed by atoms with Crippen LogP contribution in [0, 0.1) is 5.92 Å². The fourth-order valence-electron chi connectivity index (χ4n) is 3.92. The van der Waals surface area contributed by atoms with E-state index in [-0.39, 0.29) is 24.3 Å². The molecule has 1 amide bonds. The fraction of sp³-hybridized carbons (Fsp3) is 0.588. The molecule has 4 rings (SSSR count). The van der Waals surface area contributed by atoms with E-state index in [1.807, 2.05) is 4.90 Å². The van der Waals surface area contributed by atoms with Crippen LogP contribution < -0.4 is 10.1 Å². The third-order valence-corrected chi connectivity index (χ3v) is 6.33. The number of nitrogens with one attached hydrogen (secondary N) is 1. The summed E-state index contributed by atoms with van der Waals surface area (Å²) in [5, 5.41) is 7.86. The van der Waals surface area contributed by atoms with Crippen molar-refractivity contribution in [1.82, 2.24) is 19.7 Å². The summed E-state index contributed by atoms with van der Waals surface area (Å²) in [6.45, 7) is 1.22. The Morgan fingerprint density at radius 2 is 2.30 bits per heavy atom. The van der Waals surface area contributed by atoms with Crippen molar-refractivity contribution in [3.05, 3.63) is 23.3 Å². The highest BCUT2D eigenvalue weighted by Crippen LogP contribution is 2.35. The summed E-state index contributed by atoms with van der Waals surface area (Å²) in [5.41, 5.74) is 0. The zero-order valence-electron chi connectivity index (χ0n) is 14.8. The van der Waals surface area contributed by atoms with Crippen LogP contribution in [0.4, 0.5) is 14.7 Å². The van der Waals surface area contributed by atoms with Gasteiger partial charge in [-0.3, -0.25) is 4.79 Å². The van der Waals surface area contributed by atoms with Crippen LogP contribution >= 0.6 is 11.3 Å². The largest absolute Gasteiger partial charge is 0.487 e. The van der Waals surface area contributed by atoms with Crippen molar-refractivity contribution in [2.75, 3.05) is 25.5 Å². The van der Waals surface area contributed by atoms with Gasteiger partial charge in [-0.2, -0.15) is 10.1 Å². The first kappa shape index (κ1) is 18.1. The zero-order chi connectivity index (χ0) is 19.0. The quantitative estimate of drug-likeness (QED) is 0.859. The Kier molecular flexibility index (Phi) is 4.98. The number of carbonyl (C=O) groups is 1. The first-order valence-electron chi connectivity index (χ1n) is 8.94. The molecule has 2 aliphatic rings. The lowest BCUT2D eigenvalue weighted by atomic mass is 9.86. The maximum Gasteiger partial charge on any atom is 0.264 e. The number of hydrogen-bond donors (Lipinski definition) is 1. The number of fused-ring (bicyclic) bond motifs is 1. The molecule has 3 atom stereocenters. The van der Waals surface area contributed by atoms with E-state index in [2.05, 4.69) is 15.4 Å². The smallest absolute Gasteiger partial charge is 0.264 e. The van der Waals surface area contributed by atoms with Gasteiger partial charge in [0.2, 0.25) is 5.95 Å². The van der Waals surface area contributed by atoms with Gasteiger partial charge < -0.3 is 15.0 Å². The summed E-state index contributed by atoms with van der Waals surface area (Å²) in [6, 6.07) is 2.40. The number of thiophene rings is 1. The average Bonchev–Trinajstić information content (AvgIpc) is 3.35. The van der Waals surface area contributed by atoms with Gasteiger partial charge in [0.1, 0.15) is 12.4 Å². The molecule has 1 N–H and O–H groups in total. The summed E-state index contributed by atoms with van der Waals surface area (Å²) in [4.78, 5) is 19.3. The molecule has 7 nitrogen and oxygen atoms in total. The van der Waals surface area contributed by atoms with E-state index in [0.29, 0.717) is 29.0 Å². The summed E-state index contributed by atoms with van der Waals surface area (Å²) in [6.07, 6.45) is 0.798. The molecule has 2 aliphatic heterocycles. The topological polar surface area (TPSA) is 72.3 Å². The highest BCUT2D eigenvalue weighted by molar-refractivity contribution is 7.15. The van der Waals surface area contributed by atoms with Gasteiger partial charge in [0.05, 0.1) is 12.0 Å². The molecule has 0 bridgehead atoms. The number of carbonyl (C=O) groups excluding carboxylic acids is 1. The number of halogens is 2. The Bertz CT molecular complexity index is 811. The van der Waals surface area contributed by atoms with Crippen LogP contribution in [0.1, 0.15) is 35.0 Å². The van der Waals surface area contributed by atoms with Crippen molar-refractivity contribution in [2.24, 2.45) is 5.92 Å². The van der Waals surface area contributed by atoms with Crippen LogP contribution in [0.25, 0.3) is 0 Å². The van der Waals surface area contributed by atoms with E-state index in [0.717, 1.165) is 12.8 Å². The zero-order valence-corrected chi connectivity index (χ0v) is 15.7. The average molecular weight is 397 g/mol. The Labute approximate surface area is 159 Å². The lowest BCUT2D eigenvalue weighted by Gasteiger charge is -2.40. The number of methoxy groups -OCH3 is 1. The van der Waals surface area contributed by atoms with Gasteiger partial charge in [-0.15, -0.1) is 0 Å². The molecule has 0 spiro atoms. The second-order valence-corrected chi connectivity index (χ2v) is 7.94. The second-order valence-electron chi connectivity index (χ2n) is 6.89. The van der Waals surface area contributed by atoms with E-state index in [4.69, 9.17) is 4.74 Å². The van der Waals surface area contributed by atoms with E-state index in [1.165, 1.54) is 22.3 Å². The first-order chi connectivity index (χ1) is 13.1. The predicted molar refractivity (Wildman–Crippen MR) is 96.6 cm³/mol. The van der Waals surface area contributed by atoms with Gasteiger partial charge in [0.25, 0.3) is 12.3 Å². The number of anilines is 1. The van der Waals surface area contributed by atoms with Gasteiger partial charge in [-0.25, -0.2) is 13.5 Å². The number of amides is 1. The number of rotatable bonds is 4. The monoisotopic (exact) mass is 397 g/mol. The van der Waals surface area contributed by atoms with Gasteiger partial charge in [0, 0.05) is 19.1 Å². The summed E-state index contributed by atoms with van der Waals surface area (Å²) >= 11 is 1.32. The molecule has 1 saturated heterocycles. The third-order valence-electron chi connectivity index (χ3n) is 5.30. The molecular weight excluding hydrogens is 376 g/mol. The van der Waals surface area contributed by atoms with E-state index in [9.17, 15) is 13.6 Å². The number of likely N-dealkylation sites (tertiary alicyclic amines) is 1. The molecule has 10 heteroatoms. The van der Waals surface area contributed by atoms with Gasteiger partial charge in [-0.05, 0) is 37.3 Å². The molecular formula is C17H21F2N5O2S. The van der Waals surface area contributed by atoms with E-state index >= 15 is 0 Å². The van der Waals surface area contributed by atoms with Crippen molar-refractivity contribution < 1.29 is 18.3 Å². The highest BCUT2D eigenvalue weighted by Gasteiger charge is 2.39. The van der Waals surface area contributed by atoms with Crippen LogP contribution in [0.2, 0.25) is 0 Å². The van der Waals surface area contributed by atoms with Crippen molar-refractivity contribution in [2.45, 2.75) is 37.8 Å². The highest BCUT2D eigenvalue weighted by atomic mass is 32.1. The van der Waals surface area contributed by atoms with Crippen LogP contribution in [-0.2, 0) is 0 Å². The van der Waals surface area contributed by atoms with E-state index in [1.54, 1.807) is 19.2 Å². The molecule has 1 fully saturated rings. The number of piperidine rings is 1. The standard InChI is InChI=1S/C17H21F2N5O2S/c1-26-14-5-4-13(27-14)16(25)23-6-2-3-10(8-23)11-7-12(15(18)19)24-17(22-11)20-9-21-24/h4-5,9-12,15H,2-3,6-8H2,1H3,(H,20,21,22)/t10-,11+,12-/m1/s1. The molecule has 4 heterocycles. The number of hydrogen-bond acceptors (Lipinski definition) is 6. The SMILES string of the molecule is COc1ccc(C(=O)N2CCC[C@@H]([C@@H]3C[C@H](C(F)F)n4ncnc4N3)C2)s1. The third kappa shape index (κ3) is 3.50. The second kappa shape index (κ2) is 7.41. The molecule has 2 aromatic heterocycles. The minimum absolute atomic E-state index is 0.0302. The Hall–Kier alpha value is -2.23. The van der Waals surface area contributed by atoms with Crippen LogP contribution in [0.5, 0.6) is 5.06 Å². The molecule has 27 heavy (non-hydrogen) atoms. The molecule has 0 unspecified atom stereocenters. The Balaban J connectivity index is 1.47. The molecule has 0 aromatic carbocycles. The number of ether oxygens (including phenoxy) is 1. The maximum atomic E-state index is 13.5. The predicted octanol–water partition coefficient (Wildman–Crippen LogP) is 2.89. The van der Waals surface area contributed by atoms with Crippen molar-refractivity contribution in [1.29, 1.82) is 0 Å². The maximum absolute atomic E-state index is 13.5. The molecule has 0 aliphatic carbocycles. The lowest BCUT2D eigenvalue weighted by Crippen LogP contribution is -2.48. The molecule has 146 valence electrons. The lowest BCUT2D eigenvalue weighted by molar-refractivity contribution is 0.0506. The van der Waals surface area contributed by atoms with Crippen LogP contribution in [-0.4, -0.2) is 58.2 Å². The van der Waals surface area contributed by atoms with Crippen molar-refractivity contribution in [3.8, 4) is 5.06 Å². The van der Waals surface area contributed by atoms with Crippen molar-refractivity contribution in [3.63, 3.8) is 0 Å². The number of nitrogens with zero attached hydrogens (tertiary/aromatic N) is 4. The van der Waals surface area contributed by atoms with Gasteiger partial charge in [-0.1, -0.05) is 11.3 Å². The number of alkyl halides is 2. The van der Waals surface area contributed by atoms with Crippen LogP contribution in [0.15, 0.2) is 18.5 Å². The Morgan fingerprint density at radius 3 is 3.04 bits per heavy atom. The molecule has 0 saturated carbocycles. The summed E-state index contributed by atoms with van der Waals surface area (Å²) in [5.74, 6) is 0.441. The van der Waals surface area contributed by atoms with Crippen LogP contribution in [0.3, 0.4) is 0 Å². The molecule has 2 aromatic rings. The minimum atomic E-state index is -2.50. The van der Waals surface area contributed by atoms with Gasteiger partial charge >= 0.3 is 0 Å². The first-order valence-corrected chi connectivity index (χ1v) is 9.75. The Morgan fingerprint density at radius 1 is 1.44 bits per heavy atom. The summed E-state index contributed by atoms with van der Waals surface area (Å²) < 4.78 is 33.4. The van der Waals surface area contributed by atoms with Crippen molar-refractivity contribution >= 4 is 23.2 Å². The normalized spacial score (nSPS) is 25.2. The minimum Gasteiger partial charge on any atom is -0.487 e. The van der Waals surface area contributed by atoms with Gasteiger partial charge in [0.15, 0.2) is 5.06 Å². The number of aromatic nitrogens is 3. The molecule has 0 radical (unpaired) electrons. The van der Waals surface area contributed by atoms with E-state index < -0.39 is 12.5 Å². The summed E-state index contributed by atoms with van der Waals surface area (Å²) in [7, 11) is 1.57. The fourth-order valence-corrected chi connectivity index (χ4v) is 4.71.